The molecule has 0 aliphatic rings. The molecule has 6 rings (SSSR count). The Morgan fingerprint density at radius 2 is 1.56 bits per heavy atom. The molecule has 0 atom stereocenters. The molecule has 10 nitrogen and oxygen atoms in total. The Hall–Kier alpha value is -4.40. The number of nitriles is 2. The lowest BCUT2D eigenvalue weighted by Crippen LogP contribution is -2.29. The molecule has 0 saturated carbocycles. The van der Waals surface area contributed by atoms with Gasteiger partial charge in [0.2, 0.25) is 0 Å². The Labute approximate surface area is 239 Å². The molecule has 0 saturated heterocycles. The summed E-state index contributed by atoms with van der Waals surface area (Å²) in [6, 6.07) is 22.1. The van der Waals surface area contributed by atoms with Gasteiger partial charge in [0, 0.05) is 39.1 Å². The van der Waals surface area contributed by atoms with E-state index < -0.39 is 7.12 Å². The Morgan fingerprint density at radius 1 is 0.821 bits per heavy atom. The van der Waals surface area contributed by atoms with Gasteiger partial charge in [-0.25, -0.2) is 15.0 Å². The van der Waals surface area contributed by atoms with Crippen LogP contribution in [0.1, 0.15) is 11.3 Å². The number of hydrogen-bond acceptors (Lipinski definition) is 8. The maximum absolute atomic E-state index is 9.13. The largest absolute Gasteiger partial charge is 0.488 e. The molecule has 13 heteroatoms. The molecule has 3 N–H and O–H groups in total. The molecule has 1 aromatic carbocycles. The summed E-state index contributed by atoms with van der Waals surface area (Å²) in [5, 5.41) is 43.1. The van der Waals surface area contributed by atoms with E-state index in [2.05, 4.69) is 63.1 Å². The first-order chi connectivity index (χ1) is 18.9. The van der Waals surface area contributed by atoms with Crippen LogP contribution in [-0.2, 0) is 0 Å². The maximum Gasteiger partial charge on any atom is 0.488 e. The number of rotatable bonds is 2. The van der Waals surface area contributed by atoms with Crippen LogP contribution in [0.3, 0.4) is 0 Å². The molecule has 0 radical (unpaired) electrons. The fraction of sp³-hybridized carbons (Fsp3) is 0. The van der Waals surface area contributed by atoms with Crippen molar-refractivity contribution < 1.29 is 10.0 Å². The average molecular weight is 644 g/mol. The molecule has 0 spiro atoms. The summed E-state index contributed by atoms with van der Waals surface area (Å²) in [6.45, 7) is 0. The fourth-order valence-electron chi connectivity index (χ4n) is 3.45. The lowest BCUT2D eigenvalue weighted by molar-refractivity contribution is 0.426. The second-order valence-corrected chi connectivity index (χ2v) is 9.58. The van der Waals surface area contributed by atoms with E-state index in [4.69, 9.17) is 20.6 Å². The first kappa shape index (κ1) is 27.6. The number of pyridine rings is 3. The molecule has 0 aliphatic carbocycles. The third kappa shape index (κ3) is 6.73. The van der Waals surface area contributed by atoms with Gasteiger partial charge in [0.25, 0.3) is 0 Å². The lowest BCUT2D eigenvalue weighted by Gasteiger charge is -2.03. The third-order valence-corrected chi connectivity index (χ3v) is 6.21. The predicted octanol–water partition coefficient (Wildman–Crippen LogP) is 4.01. The lowest BCUT2D eigenvalue weighted by atomic mass is 9.81. The number of nitrogens with one attached hydrogen (secondary N) is 1. The molecular weight excluding hydrogens is 627 g/mol. The zero-order chi connectivity index (χ0) is 27.8. The van der Waals surface area contributed by atoms with E-state index in [1.807, 2.05) is 47.0 Å². The van der Waals surface area contributed by atoms with E-state index in [1.165, 1.54) is 0 Å². The molecule has 0 aliphatic heterocycles. The van der Waals surface area contributed by atoms with Crippen molar-refractivity contribution >= 4 is 66.5 Å². The number of hydrogen-bond donors (Lipinski definition) is 3. The van der Waals surface area contributed by atoms with Gasteiger partial charge in [0.15, 0.2) is 5.65 Å². The SMILES string of the molecule is N#Cc1[nH]nc2ncccc12.N#Cc1cn(-c2cc(Br)ccn2)c2ncccc12.OB(O)c1cccc(Br)c1. The zero-order valence-corrected chi connectivity index (χ0v) is 23.1. The number of nitrogens with zero attached hydrogens (tertiary/aromatic N) is 7. The van der Waals surface area contributed by atoms with Gasteiger partial charge < -0.3 is 10.0 Å². The van der Waals surface area contributed by atoms with Crippen LogP contribution >= 0.6 is 31.9 Å². The van der Waals surface area contributed by atoms with Gasteiger partial charge in [-0.3, -0.25) is 9.67 Å². The van der Waals surface area contributed by atoms with E-state index in [0.29, 0.717) is 22.4 Å². The van der Waals surface area contributed by atoms with Crippen LogP contribution in [0.25, 0.3) is 27.9 Å². The van der Waals surface area contributed by atoms with E-state index >= 15 is 0 Å². The van der Waals surface area contributed by atoms with Crippen molar-refractivity contribution in [2.75, 3.05) is 0 Å². The number of benzene rings is 1. The first-order valence-electron chi connectivity index (χ1n) is 11.2. The molecule has 190 valence electrons. The first-order valence-corrected chi connectivity index (χ1v) is 12.8. The highest BCUT2D eigenvalue weighted by Gasteiger charge is 2.11. The van der Waals surface area contributed by atoms with Gasteiger partial charge in [-0.1, -0.05) is 44.0 Å². The summed E-state index contributed by atoms with van der Waals surface area (Å²) >= 11 is 6.62. The van der Waals surface area contributed by atoms with Gasteiger partial charge in [-0.2, -0.15) is 15.6 Å². The normalized spacial score (nSPS) is 10.0. The minimum atomic E-state index is -1.38. The van der Waals surface area contributed by atoms with Crippen LogP contribution < -0.4 is 5.46 Å². The minimum absolute atomic E-state index is 0.466. The molecule has 0 unspecified atom stereocenters. The summed E-state index contributed by atoms with van der Waals surface area (Å²) in [5.74, 6) is 0.731. The maximum atomic E-state index is 9.13. The van der Waals surface area contributed by atoms with E-state index in [9.17, 15) is 0 Å². The smallest absolute Gasteiger partial charge is 0.423 e. The number of aromatic nitrogens is 6. The summed E-state index contributed by atoms with van der Waals surface area (Å²) < 4.78 is 3.60. The molecule has 0 bridgehead atoms. The van der Waals surface area contributed by atoms with Crippen molar-refractivity contribution in [1.82, 2.24) is 29.7 Å². The van der Waals surface area contributed by atoms with Crippen molar-refractivity contribution in [3.8, 4) is 18.0 Å². The number of fused-ring (bicyclic) bond motifs is 2. The highest BCUT2D eigenvalue weighted by Crippen LogP contribution is 2.22. The fourth-order valence-corrected chi connectivity index (χ4v) is 4.19. The number of aromatic amines is 1. The molecule has 6 aromatic rings. The Kier molecular flexibility index (Phi) is 9.15. The Balaban J connectivity index is 0.000000145. The molecule has 5 aromatic heterocycles. The van der Waals surface area contributed by atoms with Gasteiger partial charge in [-0.15, -0.1) is 0 Å². The topological polar surface area (TPSA) is 160 Å². The monoisotopic (exact) mass is 642 g/mol. The van der Waals surface area contributed by atoms with Gasteiger partial charge in [0.05, 0.1) is 10.9 Å². The number of halogens is 2. The molecule has 39 heavy (non-hydrogen) atoms. The van der Waals surface area contributed by atoms with Crippen molar-refractivity contribution in [1.29, 1.82) is 10.5 Å². The standard InChI is InChI=1S/C13H7BrN4.C7H4N4.C6H6BBrO2/c14-10-3-5-16-12(6-10)18-8-9(7-15)11-2-1-4-17-13(11)18;8-4-6-5-2-1-3-9-7(5)11-10-6;8-6-3-1-2-5(4-6)7(9)10/h1-6,8H;1-3H,(H,9,10,11);1-4,9-10H. The molecule has 0 amide bonds. The summed E-state index contributed by atoms with van der Waals surface area (Å²) in [4.78, 5) is 12.6. The molecule has 5 heterocycles. The molecular formula is C26H17BBr2N8O2. The summed E-state index contributed by atoms with van der Waals surface area (Å²) in [5.41, 5.74) is 2.88. The summed E-state index contributed by atoms with van der Waals surface area (Å²) in [6.07, 6.45) is 6.81. The second kappa shape index (κ2) is 12.9. The highest BCUT2D eigenvalue weighted by molar-refractivity contribution is 9.10. The van der Waals surface area contributed by atoms with Crippen molar-refractivity contribution in [2.45, 2.75) is 0 Å². The minimum Gasteiger partial charge on any atom is -0.423 e. The van der Waals surface area contributed by atoms with Gasteiger partial charge in [0.1, 0.15) is 29.3 Å². The van der Waals surface area contributed by atoms with Crippen molar-refractivity contribution in [2.24, 2.45) is 0 Å². The van der Waals surface area contributed by atoms with Crippen LogP contribution in [0.4, 0.5) is 0 Å². The Morgan fingerprint density at radius 3 is 2.23 bits per heavy atom. The van der Waals surface area contributed by atoms with Crippen molar-refractivity contribution in [3.05, 3.63) is 106 Å². The number of H-pyrrole nitrogens is 1. The van der Waals surface area contributed by atoms with Crippen molar-refractivity contribution in [3.63, 3.8) is 0 Å². The van der Waals surface area contributed by atoms with Crippen LogP contribution in [0.5, 0.6) is 0 Å². The van der Waals surface area contributed by atoms with Gasteiger partial charge in [-0.05, 0) is 54.0 Å². The Bertz CT molecular complexity index is 1820. The average Bonchev–Trinajstić information content (AvgIpc) is 3.55. The summed E-state index contributed by atoms with van der Waals surface area (Å²) in [7, 11) is -1.38. The van der Waals surface area contributed by atoms with Crippen LogP contribution in [0.2, 0.25) is 0 Å². The zero-order valence-electron chi connectivity index (χ0n) is 19.9. The van der Waals surface area contributed by atoms with Crippen LogP contribution in [0, 0.1) is 22.7 Å². The quantitative estimate of drug-likeness (QED) is 0.239. The third-order valence-electron chi connectivity index (χ3n) is 5.23. The van der Waals surface area contributed by atoms with Gasteiger partial charge >= 0.3 is 7.12 Å². The highest BCUT2D eigenvalue weighted by atomic mass is 79.9. The van der Waals surface area contributed by atoms with E-state index in [1.54, 1.807) is 49.1 Å². The predicted molar refractivity (Wildman–Crippen MR) is 154 cm³/mol. The van der Waals surface area contributed by atoms with Crippen LogP contribution in [0.15, 0.2) is 94.4 Å². The second-order valence-electron chi connectivity index (χ2n) is 7.75. The van der Waals surface area contributed by atoms with E-state index in [0.717, 1.165) is 31.2 Å². The van der Waals surface area contributed by atoms with E-state index in [-0.39, 0.29) is 0 Å². The van der Waals surface area contributed by atoms with Crippen LogP contribution in [-0.4, -0.2) is 46.9 Å². The molecule has 0 fully saturated rings.